The molecule has 0 aliphatic rings. The summed E-state index contributed by atoms with van der Waals surface area (Å²) in [6.07, 6.45) is 0. The number of rotatable bonds is 6. The lowest BCUT2D eigenvalue weighted by Gasteiger charge is -2.14. The maximum Gasteiger partial charge on any atom is 0.142 e. The Bertz CT molecular complexity index is 599. The molecule has 2 nitrogen and oxygen atoms in total. The van der Waals surface area contributed by atoms with E-state index >= 15 is 0 Å². The number of nitrogens with one attached hydrogen (secondary N) is 1. The van der Waals surface area contributed by atoms with Gasteiger partial charge in [0.05, 0.1) is 22.3 Å². The highest BCUT2D eigenvalue weighted by Crippen LogP contribution is 2.26. The zero-order valence-corrected chi connectivity index (χ0v) is 13.7. The van der Waals surface area contributed by atoms with E-state index in [2.05, 4.69) is 19.2 Å². The molecule has 0 saturated heterocycles. The topological polar surface area (TPSA) is 21.3 Å². The van der Waals surface area contributed by atoms with Crippen molar-refractivity contribution in [2.75, 3.05) is 11.9 Å². The van der Waals surface area contributed by atoms with Gasteiger partial charge < -0.3 is 10.1 Å². The van der Waals surface area contributed by atoms with Gasteiger partial charge in [-0.05, 0) is 35.7 Å². The number of benzene rings is 2. The molecule has 2 aromatic rings. The maximum absolute atomic E-state index is 6.03. The van der Waals surface area contributed by atoms with Crippen LogP contribution in [0, 0.1) is 5.92 Å². The Morgan fingerprint density at radius 2 is 1.81 bits per heavy atom. The SMILES string of the molecule is CC(C)COc1ccccc1NCc1ccc(Cl)c(Cl)c1. The summed E-state index contributed by atoms with van der Waals surface area (Å²) < 4.78 is 5.82. The zero-order chi connectivity index (χ0) is 15.2. The van der Waals surface area contributed by atoms with E-state index in [4.69, 9.17) is 27.9 Å². The second-order valence-electron chi connectivity index (χ2n) is 5.30. The molecular formula is C17H19Cl2NO. The molecular weight excluding hydrogens is 305 g/mol. The van der Waals surface area contributed by atoms with E-state index < -0.39 is 0 Å². The van der Waals surface area contributed by atoms with Crippen LogP contribution in [-0.2, 0) is 6.54 Å². The number of halogens is 2. The Morgan fingerprint density at radius 1 is 1.05 bits per heavy atom. The monoisotopic (exact) mass is 323 g/mol. The van der Waals surface area contributed by atoms with Gasteiger partial charge in [-0.1, -0.05) is 55.2 Å². The minimum Gasteiger partial charge on any atom is -0.491 e. The van der Waals surface area contributed by atoms with Gasteiger partial charge in [0, 0.05) is 6.54 Å². The summed E-state index contributed by atoms with van der Waals surface area (Å²) in [6, 6.07) is 13.6. The normalized spacial score (nSPS) is 10.7. The van der Waals surface area contributed by atoms with E-state index in [0.29, 0.717) is 29.1 Å². The predicted octanol–water partition coefficient (Wildman–Crippen LogP) is 5.64. The Labute approximate surface area is 136 Å². The fraction of sp³-hybridized carbons (Fsp3) is 0.294. The van der Waals surface area contributed by atoms with Crippen LogP contribution in [0.2, 0.25) is 10.0 Å². The second kappa shape index (κ2) is 7.58. The van der Waals surface area contributed by atoms with E-state index in [0.717, 1.165) is 17.0 Å². The lowest BCUT2D eigenvalue weighted by molar-refractivity contribution is 0.272. The smallest absolute Gasteiger partial charge is 0.142 e. The van der Waals surface area contributed by atoms with Gasteiger partial charge in [-0.3, -0.25) is 0 Å². The third-order valence-electron chi connectivity index (χ3n) is 2.93. The summed E-state index contributed by atoms with van der Waals surface area (Å²) in [5.41, 5.74) is 2.05. The summed E-state index contributed by atoms with van der Waals surface area (Å²) in [4.78, 5) is 0. The molecule has 2 aromatic carbocycles. The summed E-state index contributed by atoms with van der Waals surface area (Å²) in [6.45, 7) is 5.63. The molecule has 0 saturated carbocycles. The van der Waals surface area contributed by atoms with E-state index in [-0.39, 0.29) is 0 Å². The molecule has 0 aromatic heterocycles. The van der Waals surface area contributed by atoms with Crippen molar-refractivity contribution in [1.29, 1.82) is 0 Å². The van der Waals surface area contributed by atoms with Gasteiger partial charge in [-0.2, -0.15) is 0 Å². The first-order valence-corrected chi connectivity index (χ1v) is 7.71. The van der Waals surface area contributed by atoms with E-state index in [1.807, 2.05) is 42.5 Å². The highest BCUT2D eigenvalue weighted by Gasteiger charge is 2.05. The lowest BCUT2D eigenvalue weighted by Crippen LogP contribution is -2.07. The van der Waals surface area contributed by atoms with Crippen molar-refractivity contribution in [3.05, 3.63) is 58.1 Å². The number of hydrogen-bond donors (Lipinski definition) is 1. The molecule has 0 aliphatic heterocycles. The van der Waals surface area contributed by atoms with Crippen LogP contribution in [0.25, 0.3) is 0 Å². The first-order chi connectivity index (χ1) is 10.1. The van der Waals surface area contributed by atoms with Gasteiger partial charge in [-0.15, -0.1) is 0 Å². The van der Waals surface area contributed by atoms with E-state index in [1.165, 1.54) is 0 Å². The van der Waals surface area contributed by atoms with Gasteiger partial charge >= 0.3 is 0 Å². The Kier molecular flexibility index (Phi) is 5.77. The molecule has 0 atom stereocenters. The minimum atomic E-state index is 0.494. The van der Waals surface area contributed by atoms with Crippen molar-refractivity contribution in [1.82, 2.24) is 0 Å². The minimum absolute atomic E-state index is 0.494. The second-order valence-corrected chi connectivity index (χ2v) is 6.12. The fourth-order valence-electron chi connectivity index (χ4n) is 1.84. The summed E-state index contributed by atoms with van der Waals surface area (Å²) in [5.74, 6) is 1.36. The van der Waals surface area contributed by atoms with Crippen LogP contribution >= 0.6 is 23.2 Å². The van der Waals surface area contributed by atoms with Gasteiger partial charge in [0.1, 0.15) is 5.75 Å². The van der Waals surface area contributed by atoms with Crippen molar-refractivity contribution >= 4 is 28.9 Å². The number of ether oxygens (including phenoxy) is 1. The van der Waals surface area contributed by atoms with Crippen LogP contribution in [0.4, 0.5) is 5.69 Å². The molecule has 0 heterocycles. The first kappa shape index (κ1) is 16.0. The molecule has 0 radical (unpaired) electrons. The highest BCUT2D eigenvalue weighted by molar-refractivity contribution is 6.42. The number of anilines is 1. The van der Waals surface area contributed by atoms with Crippen LogP contribution in [0.5, 0.6) is 5.75 Å². The zero-order valence-electron chi connectivity index (χ0n) is 12.2. The average Bonchev–Trinajstić information content (AvgIpc) is 2.47. The molecule has 112 valence electrons. The maximum atomic E-state index is 6.03. The van der Waals surface area contributed by atoms with Gasteiger partial charge in [0.2, 0.25) is 0 Å². The van der Waals surface area contributed by atoms with E-state index in [1.54, 1.807) is 0 Å². The number of hydrogen-bond acceptors (Lipinski definition) is 2. The summed E-state index contributed by atoms with van der Waals surface area (Å²) in [7, 11) is 0. The van der Waals surface area contributed by atoms with Crippen molar-refractivity contribution in [2.24, 2.45) is 5.92 Å². The molecule has 0 aliphatic carbocycles. The molecule has 0 spiro atoms. The fourth-order valence-corrected chi connectivity index (χ4v) is 2.16. The molecule has 21 heavy (non-hydrogen) atoms. The van der Waals surface area contributed by atoms with Crippen LogP contribution in [-0.4, -0.2) is 6.61 Å². The van der Waals surface area contributed by atoms with Crippen LogP contribution in [0.15, 0.2) is 42.5 Å². The lowest BCUT2D eigenvalue weighted by atomic mass is 10.2. The third kappa shape index (κ3) is 4.83. The van der Waals surface area contributed by atoms with Crippen LogP contribution in [0.1, 0.15) is 19.4 Å². The van der Waals surface area contributed by atoms with Crippen molar-refractivity contribution < 1.29 is 4.74 Å². The van der Waals surface area contributed by atoms with Crippen molar-refractivity contribution in [3.8, 4) is 5.75 Å². The summed E-state index contributed by atoms with van der Waals surface area (Å²) >= 11 is 11.9. The van der Waals surface area contributed by atoms with Crippen LogP contribution in [0.3, 0.4) is 0 Å². The third-order valence-corrected chi connectivity index (χ3v) is 3.67. The van der Waals surface area contributed by atoms with Crippen LogP contribution < -0.4 is 10.1 Å². The predicted molar refractivity (Wildman–Crippen MR) is 90.6 cm³/mol. The number of para-hydroxylation sites is 2. The molecule has 0 bridgehead atoms. The van der Waals surface area contributed by atoms with Crippen molar-refractivity contribution in [3.63, 3.8) is 0 Å². The average molecular weight is 324 g/mol. The molecule has 2 rings (SSSR count). The standard InChI is InChI=1S/C17H19Cl2NO/c1-12(2)11-21-17-6-4-3-5-16(17)20-10-13-7-8-14(18)15(19)9-13/h3-9,12,20H,10-11H2,1-2H3. The quantitative estimate of drug-likeness (QED) is 0.742. The first-order valence-electron chi connectivity index (χ1n) is 6.96. The van der Waals surface area contributed by atoms with Gasteiger partial charge in [-0.25, -0.2) is 0 Å². The van der Waals surface area contributed by atoms with E-state index in [9.17, 15) is 0 Å². The molecule has 1 N–H and O–H groups in total. The molecule has 0 unspecified atom stereocenters. The highest BCUT2D eigenvalue weighted by atomic mass is 35.5. The largest absolute Gasteiger partial charge is 0.491 e. The molecule has 0 amide bonds. The Hall–Kier alpha value is -1.38. The Morgan fingerprint density at radius 3 is 2.52 bits per heavy atom. The van der Waals surface area contributed by atoms with Gasteiger partial charge in [0.15, 0.2) is 0 Å². The van der Waals surface area contributed by atoms with Crippen molar-refractivity contribution in [2.45, 2.75) is 20.4 Å². The molecule has 4 heteroatoms. The summed E-state index contributed by atoms with van der Waals surface area (Å²) in [5, 5.41) is 4.51. The molecule has 0 fully saturated rings. The Balaban J connectivity index is 2.03. The van der Waals surface area contributed by atoms with Gasteiger partial charge in [0.25, 0.3) is 0 Å².